The highest BCUT2D eigenvalue weighted by molar-refractivity contribution is 5.85. The van der Waals surface area contributed by atoms with Crippen LogP contribution in [0.3, 0.4) is 0 Å². The Morgan fingerprint density at radius 1 is 1.06 bits per heavy atom. The minimum Gasteiger partial charge on any atom is -0.497 e. The zero-order valence-electron chi connectivity index (χ0n) is 18.5. The number of ether oxygens (including phenoxy) is 2. The molecule has 3 heterocycles. The van der Waals surface area contributed by atoms with Gasteiger partial charge in [0.05, 0.1) is 25.9 Å². The number of hydrogen-bond acceptors (Lipinski definition) is 6. The van der Waals surface area contributed by atoms with Crippen LogP contribution >= 0.6 is 0 Å². The average molecular weight is 448 g/mol. The molecule has 1 aliphatic heterocycles. The summed E-state index contributed by atoms with van der Waals surface area (Å²) in [4.78, 5) is 33.7. The van der Waals surface area contributed by atoms with Crippen LogP contribution in [0.4, 0.5) is 0 Å². The maximum atomic E-state index is 13.1. The molecule has 170 valence electrons. The molecule has 0 saturated carbocycles. The fourth-order valence-corrected chi connectivity index (χ4v) is 4.71. The average Bonchev–Trinajstić information content (AvgIpc) is 3.18. The van der Waals surface area contributed by atoms with Gasteiger partial charge >= 0.3 is 5.69 Å². The van der Waals surface area contributed by atoms with Crippen LogP contribution in [-0.2, 0) is 6.42 Å². The number of rotatable bonds is 4. The molecule has 9 heteroatoms. The summed E-state index contributed by atoms with van der Waals surface area (Å²) >= 11 is 0. The van der Waals surface area contributed by atoms with E-state index in [4.69, 9.17) is 9.47 Å². The highest BCUT2D eigenvalue weighted by Gasteiger charge is 2.35. The first-order valence-corrected chi connectivity index (χ1v) is 10.5. The second-order valence-electron chi connectivity index (χ2n) is 8.07. The standard InChI is InChI=1S/C24H24N4O5/c1-27-11-10-15-14-6-4-5-7-16(14)25-20(15)21(27)19-22(29)26-24(31)28(23(19)30)17-12-13(32-2)8-9-18(17)33-3/h4-9,12,21,25,30H,10-11H2,1-3H3,(H,26,29,31)/t21-/m1/s1. The molecule has 0 spiro atoms. The zero-order chi connectivity index (χ0) is 23.3. The van der Waals surface area contributed by atoms with Crippen LogP contribution in [0, 0.1) is 0 Å². The van der Waals surface area contributed by atoms with Gasteiger partial charge in [-0.05, 0) is 37.2 Å². The molecule has 2 aromatic carbocycles. The monoisotopic (exact) mass is 448 g/mol. The number of nitrogens with zero attached hydrogens (tertiary/aromatic N) is 2. The van der Waals surface area contributed by atoms with Crippen molar-refractivity contribution in [1.29, 1.82) is 0 Å². The molecule has 1 aliphatic rings. The third kappa shape index (κ3) is 3.20. The van der Waals surface area contributed by atoms with Crippen molar-refractivity contribution >= 4 is 10.9 Å². The van der Waals surface area contributed by atoms with Crippen LogP contribution in [-0.4, -0.2) is 52.4 Å². The van der Waals surface area contributed by atoms with Crippen molar-refractivity contribution in [2.45, 2.75) is 12.5 Å². The van der Waals surface area contributed by atoms with E-state index < -0.39 is 23.2 Å². The number of fused-ring (bicyclic) bond motifs is 3. The summed E-state index contributed by atoms with van der Waals surface area (Å²) in [7, 11) is 4.85. The third-order valence-corrected chi connectivity index (χ3v) is 6.30. The van der Waals surface area contributed by atoms with E-state index in [0.29, 0.717) is 18.0 Å². The number of aromatic hydroxyl groups is 1. The molecule has 0 fully saturated rings. The highest BCUT2D eigenvalue weighted by atomic mass is 16.5. The van der Waals surface area contributed by atoms with E-state index in [-0.39, 0.29) is 11.3 Å². The molecule has 0 amide bonds. The summed E-state index contributed by atoms with van der Waals surface area (Å²) in [5, 5.41) is 12.5. The topological polar surface area (TPSA) is 113 Å². The van der Waals surface area contributed by atoms with Crippen molar-refractivity contribution in [3.05, 3.63) is 80.1 Å². The van der Waals surface area contributed by atoms with Crippen molar-refractivity contribution in [2.24, 2.45) is 0 Å². The number of aromatic amines is 2. The molecule has 0 saturated heterocycles. The molecular weight excluding hydrogens is 424 g/mol. The molecule has 1 atom stereocenters. The zero-order valence-corrected chi connectivity index (χ0v) is 18.5. The molecule has 0 bridgehead atoms. The summed E-state index contributed by atoms with van der Waals surface area (Å²) in [5.74, 6) is 0.366. The predicted molar refractivity (Wildman–Crippen MR) is 124 cm³/mol. The Kier molecular flexibility index (Phi) is 4.98. The Bertz CT molecular complexity index is 1480. The maximum Gasteiger partial charge on any atom is 0.335 e. The second-order valence-corrected chi connectivity index (χ2v) is 8.07. The van der Waals surface area contributed by atoms with E-state index in [9.17, 15) is 14.7 Å². The molecule has 0 unspecified atom stereocenters. The molecular formula is C24H24N4O5. The number of H-pyrrole nitrogens is 2. The van der Waals surface area contributed by atoms with Crippen LogP contribution in [0.15, 0.2) is 52.1 Å². The first-order chi connectivity index (χ1) is 15.9. The summed E-state index contributed by atoms with van der Waals surface area (Å²) in [5.41, 5.74) is 1.81. The molecule has 33 heavy (non-hydrogen) atoms. The number of benzene rings is 2. The minimum atomic E-state index is -0.775. The van der Waals surface area contributed by atoms with E-state index in [1.165, 1.54) is 14.2 Å². The van der Waals surface area contributed by atoms with Crippen LogP contribution in [0.2, 0.25) is 0 Å². The van der Waals surface area contributed by atoms with Gasteiger partial charge in [-0.1, -0.05) is 18.2 Å². The molecule has 9 nitrogen and oxygen atoms in total. The van der Waals surface area contributed by atoms with E-state index in [2.05, 4.69) is 9.97 Å². The van der Waals surface area contributed by atoms with Crippen LogP contribution in [0.1, 0.15) is 22.9 Å². The molecule has 3 N–H and O–H groups in total. The molecule has 5 rings (SSSR count). The van der Waals surface area contributed by atoms with Gasteiger partial charge in [-0.3, -0.25) is 14.7 Å². The number of hydrogen-bond donors (Lipinski definition) is 3. The van der Waals surface area contributed by atoms with E-state index >= 15 is 0 Å². The molecule has 2 aromatic heterocycles. The lowest BCUT2D eigenvalue weighted by Crippen LogP contribution is -2.39. The fourth-order valence-electron chi connectivity index (χ4n) is 4.71. The fraction of sp³-hybridized carbons (Fsp3) is 0.250. The van der Waals surface area contributed by atoms with E-state index in [1.807, 2.05) is 36.2 Å². The summed E-state index contributed by atoms with van der Waals surface area (Å²) in [6.45, 7) is 0.681. The number of methoxy groups -OCH3 is 2. The highest BCUT2D eigenvalue weighted by Crippen LogP contribution is 2.39. The van der Waals surface area contributed by atoms with Gasteiger partial charge in [0.2, 0.25) is 5.88 Å². The lowest BCUT2D eigenvalue weighted by molar-refractivity contribution is 0.251. The van der Waals surface area contributed by atoms with Crippen molar-refractivity contribution in [3.63, 3.8) is 0 Å². The van der Waals surface area contributed by atoms with Crippen LogP contribution < -0.4 is 20.7 Å². The molecule has 0 aliphatic carbocycles. The van der Waals surface area contributed by atoms with Gasteiger partial charge in [-0.15, -0.1) is 0 Å². The maximum absolute atomic E-state index is 13.1. The van der Waals surface area contributed by atoms with Gasteiger partial charge in [0.1, 0.15) is 17.1 Å². The van der Waals surface area contributed by atoms with E-state index in [0.717, 1.165) is 33.1 Å². The Labute approximate surface area is 188 Å². The summed E-state index contributed by atoms with van der Waals surface area (Å²) in [6, 6.07) is 12.3. The Morgan fingerprint density at radius 3 is 2.61 bits per heavy atom. The molecule has 0 radical (unpaired) electrons. The van der Waals surface area contributed by atoms with Gasteiger partial charge in [0, 0.05) is 29.2 Å². The smallest absolute Gasteiger partial charge is 0.335 e. The van der Waals surface area contributed by atoms with Crippen LogP contribution in [0.5, 0.6) is 17.4 Å². The van der Waals surface area contributed by atoms with E-state index in [1.54, 1.807) is 18.2 Å². The van der Waals surface area contributed by atoms with Gasteiger partial charge < -0.3 is 19.6 Å². The normalized spacial score (nSPS) is 16.0. The quantitative estimate of drug-likeness (QED) is 0.442. The van der Waals surface area contributed by atoms with Crippen molar-refractivity contribution in [2.75, 3.05) is 27.8 Å². The van der Waals surface area contributed by atoms with Crippen molar-refractivity contribution in [1.82, 2.24) is 19.4 Å². The predicted octanol–water partition coefficient (Wildman–Crippen LogP) is 2.31. The Balaban J connectivity index is 1.79. The second kappa shape index (κ2) is 7.86. The van der Waals surface area contributed by atoms with Gasteiger partial charge in [0.15, 0.2) is 0 Å². The summed E-state index contributed by atoms with van der Waals surface area (Å²) < 4.78 is 11.7. The first kappa shape index (κ1) is 20.9. The lowest BCUT2D eigenvalue weighted by atomic mass is 9.93. The number of likely N-dealkylation sites (N-methyl/N-ethyl adjacent to an activating group) is 1. The van der Waals surface area contributed by atoms with Gasteiger partial charge in [-0.2, -0.15) is 0 Å². The van der Waals surface area contributed by atoms with Gasteiger partial charge in [-0.25, -0.2) is 9.36 Å². The lowest BCUT2D eigenvalue weighted by Gasteiger charge is -2.33. The third-order valence-electron chi connectivity index (χ3n) is 6.30. The van der Waals surface area contributed by atoms with Crippen molar-refractivity contribution < 1.29 is 14.6 Å². The minimum absolute atomic E-state index is 0.0782. The largest absolute Gasteiger partial charge is 0.497 e. The van der Waals surface area contributed by atoms with Crippen LogP contribution in [0.25, 0.3) is 16.6 Å². The Morgan fingerprint density at radius 2 is 1.85 bits per heavy atom. The Hall–Kier alpha value is -3.98. The van der Waals surface area contributed by atoms with Gasteiger partial charge in [0.25, 0.3) is 5.56 Å². The van der Waals surface area contributed by atoms with Crippen molar-refractivity contribution in [3.8, 4) is 23.1 Å². The number of para-hydroxylation sites is 1. The molecule has 4 aromatic rings. The number of nitrogens with one attached hydrogen (secondary N) is 2. The number of aromatic nitrogens is 3. The SMILES string of the molecule is COc1ccc(OC)c(-n2c(O)c([C@@H]3c4[nH]c5ccccc5c4CCN3C)c(=O)[nH]c2=O)c1. The first-order valence-electron chi connectivity index (χ1n) is 10.5. The summed E-state index contributed by atoms with van der Waals surface area (Å²) in [6.07, 6.45) is 0.800.